The smallest absolute Gasteiger partial charge is 0.338 e. The Morgan fingerprint density at radius 3 is 2.83 bits per heavy atom. The second kappa shape index (κ2) is 8.41. The van der Waals surface area contributed by atoms with E-state index in [0.717, 1.165) is 10.4 Å². The van der Waals surface area contributed by atoms with E-state index in [1.54, 1.807) is 25.5 Å². The Morgan fingerprint density at radius 1 is 1.30 bits per heavy atom. The van der Waals surface area contributed by atoms with Crippen LogP contribution in [0.4, 0.5) is 0 Å². The minimum Gasteiger partial charge on any atom is -0.497 e. The molecule has 0 spiro atoms. The number of aromatic nitrogens is 1. The second-order valence-electron chi connectivity index (χ2n) is 6.59. The minimum absolute atomic E-state index is 0.186. The molecule has 0 saturated heterocycles. The van der Waals surface area contributed by atoms with E-state index in [4.69, 9.17) is 9.47 Å². The van der Waals surface area contributed by atoms with Crippen molar-refractivity contribution < 1.29 is 14.3 Å². The molecule has 1 aromatic carbocycles. The highest BCUT2D eigenvalue weighted by atomic mass is 32.1. The van der Waals surface area contributed by atoms with Crippen molar-refractivity contribution in [3.8, 4) is 5.75 Å². The van der Waals surface area contributed by atoms with Crippen molar-refractivity contribution in [2.75, 3.05) is 13.7 Å². The highest BCUT2D eigenvalue weighted by molar-refractivity contribution is 7.10. The third-order valence-corrected chi connectivity index (χ3v) is 6.63. The molecule has 0 radical (unpaired) electrons. The van der Waals surface area contributed by atoms with Gasteiger partial charge in [0.15, 0.2) is 4.80 Å². The Morgan fingerprint density at radius 2 is 2.13 bits per heavy atom. The molecule has 2 aromatic heterocycles. The van der Waals surface area contributed by atoms with Gasteiger partial charge in [-0.05, 0) is 49.1 Å². The second-order valence-corrected chi connectivity index (χ2v) is 8.58. The molecule has 3 heterocycles. The summed E-state index contributed by atoms with van der Waals surface area (Å²) in [6.45, 7) is 3.80. The molecule has 0 bridgehead atoms. The van der Waals surface area contributed by atoms with Gasteiger partial charge in [0.1, 0.15) is 11.8 Å². The van der Waals surface area contributed by atoms with Gasteiger partial charge in [0, 0.05) is 4.88 Å². The van der Waals surface area contributed by atoms with Crippen LogP contribution in [0, 0.1) is 0 Å². The van der Waals surface area contributed by atoms with Crippen molar-refractivity contribution in [1.82, 2.24) is 4.57 Å². The third-order valence-electron chi connectivity index (χ3n) is 4.72. The molecule has 0 amide bonds. The Bertz CT molecular complexity index is 1300. The topological polar surface area (TPSA) is 69.9 Å². The zero-order valence-electron chi connectivity index (χ0n) is 16.7. The molecule has 6 nitrogen and oxygen atoms in total. The van der Waals surface area contributed by atoms with E-state index in [2.05, 4.69) is 4.99 Å². The predicted octanol–water partition coefficient (Wildman–Crippen LogP) is 2.87. The average molecular weight is 441 g/mol. The van der Waals surface area contributed by atoms with Crippen molar-refractivity contribution in [2.24, 2.45) is 4.99 Å². The summed E-state index contributed by atoms with van der Waals surface area (Å²) in [5, 5.41) is 1.93. The Balaban J connectivity index is 1.92. The predicted molar refractivity (Wildman–Crippen MR) is 118 cm³/mol. The van der Waals surface area contributed by atoms with Crippen LogP contribution in [0.1, 0.15) is 30.3 Å². The number of benzene rings is 1. The maximum atomic E-state index is 13.4. The zero-order valence-corrected chi connectivity index (χ0v) is 18.4. The van der Waals surface area contributed by atoms with Crippen molar-refractivity contribution >= 4 is 34.7 Å². The van der Waals surface area contributed by atoms with Gasteiger partial charge in [-0.3, -0.25) is 9.36 Å². The van der Waals surface area contributed by atoms with E-state index in [1.165, 1.54) is 22.7 Å². The normalized spacial score (nSPS) is 16.2. The maximum absolute atomic E-state index is 13.4. The molecule has 3 aromatic rings. The maximum Gasteiger partial charge on any atom is 0.338 e. The number of thiophene rings is 1. The van der Waals surface area contributed by atoms with Gasteiger partial charge in [-0.1, -0.05) is 29.5 Å². The van der Waals surface area contributed by atoms with Crippen LogP contribution in [0.5, 0.6) is 5.75 Å². The van der Waals surface area contributed by atoms with Gasteiger partial charge in [-0.15, -0.1) is 11.3 Å². The summed E-state index contributed by atoms with van der Waals surface area (Å²) in [4.78, 5) is 32.2. The number of carbonyl (C=O) groups excluding carboxylic acids is 1. The molecule has 0 aliphatic carbocycles. The Kier molecular flexibility index (Phi) is 5.69. The molecule has 4 rings (SSSR count). The Labute approximate surface area is 181 Å². The highest BCUT2D eigenvalue weighted by Crippen LogP contribution is 2.33. The van der Waals surface area contributed by atoms with Crippen LogP contribution < -0.4 is 19.6 Å². The van der Waals surface area contributed by atoms with Gasteiger partial charge in [-0.25, -0.2) is 9.79 Å². The molecule has 30 heavy (non-hydrogen) atoms. The number of hydrogen-bond acceptors (Lipinski definition) is 7. The van der Waals surface area contributed by atoms with E-state index in [9.17, 15) is 9.59 Å². The summed E-state index contributed by atoms with van der Waals surface area (Å²) in [5.74, 6) is 0.271. The van der Waals surface area contributed by atoms with Crippen LogP contribution in [0.3, 0.4) is 0 Å². The van der Waals surface area contributed by atoms with E-state index < -0.39 is 12.0 Å². The average Bonchev–Trinajstić information content (AvgIpc) is 3.36. The SMILES string of the molecule is CCOC(=O)C1=C(C)N=c2sc(=Cc3cccc(OC)c3)c(=O)n2[C@@H]1c1cccs1. The summed E-state index contributed by atoms with van der Waals surface area (Å²) in [6, 6.07) is 10.8. The minimum atomic E-state index is -0.548. The molecule has 1 atom stereocenters. The molecule has 0 N–H and O–H groups in total. The first kappa shape index (κ1) is 20.3. The number of ether oxygens (including phenoxy) is 2. The van der Waals surface area contributed by atoms with E-state index in [0.29, 0.717) is 26.4 Å². The molecule has 1 aliphatic rings. The van der Waals surface area contributed by atoms with Gasteiger partial charge < -0.3 is 9.47 Å². The molecule has 0 unspecified atom stereocenters. The fraction of sp³-hybridized carbons (Fsp3) is 0.227. The van der Waals surface area contributed by atoms with Crippen molar-refractivity contribution in [3.05, 3.63) is 83.2 Å². The lowest BCUT2D eigenvalue weighted by molar-refractivity contribution is -0.139. The van der Waals surface area contributed by atoms with Gasteiger partial charge >= 0.3 is 5.97 Å². The summed E-state index contributed by atoms with van der Waals surface area (Å²) in [7, 11) is 1.60. The number of fused-ring (bicyclic) bond motifs is 1. The number of esters is 1. The molecular formula is C22H20N2O4S2. The summed E-state index contributed by atoms with van der Waals surface area (Å²) < 4.78 is 12.7. The lowest BCUT2D eigenvalue weighted by atomic mass is 10.0. The first-order valence-corrected chi connectivity index (χ1v) is 11.1. The van der Waals surface area contributed by atoms with Gasteiger partial charge in [0.2, 0.25) is 0 Å². The van der Waals surface area contributed by atoms with Crippen LogP contribution >= 0.6 is 22.7 Å². The summed E-state index contributed by atoms with van der Waals surface area (Å²) in [5.41, 5.74) is 1.64. The number of carbonyl (C=O) groups is 1. The number of rotatable bonds is 5. The number of allylic oxidation sites excluding steroid dienone is 1. The lowest BCUT2D eigenvalue weighted by Gasteiger charge is -2.23. The molecule has 8 heteroatoms. The standard InChI is InChI=1S/C22H20N2O4S2/c1-4-28-21(26)18-13(2)23-22-24(19(18)16-9-6-10-29-16)20(25)17(30-22)12-14-7-5-8-15(11-14)27-3/h5-12,19H,4H2,1-3H3/t19-/m1/s1. The monoisotopic (exact) mass is 440 g/mol. The molecule has 0 saturated carbocycles. The van der Waals surface area contributed by atoms with Crippen LogP contribution in [-0.4, -0.2) is 24.3 Å². The quantitative estimate of drug-likeness (QED) is 0.572. The molecule has 154 valence electrons. The van der Waals surface area contributed by atoms with Crippen molar-refractivity contribution in [3.63, 3.8) is 0 Å². The fourth-order valence-corrected chi connectivity index (χ4v) is 5.26. The third kappa shape index (κ3) is 3.64. The lowest BCUT2D eigenvalue weighted by Crippen LogP contribution is -2.39. The Hall–Kier alpha value is -2.97. The largest absolute Gasteiger partial charge is 0.497 e. The van der Waals surface area contributed by atoms with Crippen molar-refractivity contribution in [2.45, 2.75) is 19.9 Å². The van der Waals surface area contributed by atoms with Crippen LogP contribution in [0.2, 0.25) is 0 Å². The van der Waals surface area contributed by atoms with Gasteiger partial charge in [0.25, 0.3) is 5.56 Å². The van der Waals surface area contributed by atoms with Crippen LogP contribution in [0.25, 0.3) is 6.08 Å². The van der Waals surface area contributed by atoms with E-state index >= 15 is 0 Å². The first-order chi connectivity index (χ1) is 14.5. The van der Waals surface area contributed by atoms with Gasteiger partial charge in [0.05, 0.1) is 29.5 Å². The van der Waals surface area contributed by atoms with Gasteiger partial charge in [-0.2, -0.15) is 0 Å². The molecular weight excluding hydrogens is 420 g/mol. The summed E-state index contributed by atoms with van der Waals surface area (Å²) >= 11 is 2.80. The number of hydrogen-bond donors (Lipinski definition) is 0. The number of thiazole rings is 1. The van der Waals surface area contributed by atoms with Crippen molar-refractivity contribution in [1.29, 1.82) is 0 Å². The molecule has 0 fully saturated rings. The van der Waals surface area contributed by atoms with E-state index in [-0.39, 0.29) is 12.2 Å². The number of methoxy groups -OCH3 is 1. The first-order valence-electron chi connectivity index (χ1n) is 9.40. The fourth-order valence-electron chi connectivity index (χ4n) is 3.39. The highest BCUT2D eigenvalue weighted by Gasteiger charge is 2.33. The van der Waals surface area contributed by atoms with Crippen LogP contribution in [-0.2, 0) is 9.53 Å². The molecule has 1 aliphatic heterocycles. The number of nitrogens with zero attached hydrogens (tertiary/aromatic N) is 2. The zero-order chi connectivity index (χ0) is 21.3. The van der Waals surface area contributed by atoms with E-state index in [1.807, 2.05) is 47.9 Å². The van der Waals surface area contributed by atoms with Crippen LogP contribution in [0.15, 0.2) is 62.8 Å². The summed E-state index contributed by atoms with van der Waals surface area (Å²) in [6.07, 6.45) is 1.82.